The van der Waals surface area contributed by atoms with E-state index in [4.69, 9.17) is 17.0 Å². The molecule has 0 atom stereocenters. The van der Waals surface area contributed by atoms with E-state index in [-0.39, 0.29) is 0 Å². The number of aromatic nitrogens is 3. The van der Waals surface area contributed by atoms with Gasteiger partial charge >= 0.3 is 0 Å². The van der Waals surface area contributed by atoms with Crippen molar-refractivity contribution < 1.29 is 4.74 Å². The molecule has 5 N–H and O–H groups in total. The van der Waals surface area contributed by atoms with E-state index in [1.54, 1.807) is 0 Å². The van der Waals surface area contributed by atoms with E-state index in [1.807, 2.05) is 45.0 Å². The van der Waals surface area contributed by atoms with Gasteiger partial charge in [0, 0.05) is 18.8 Å². The number of hydrogen-bond donors (Lipinski definition) is 5. The molecule has 26 heavy (non-hydrogen) atoms. The first kappa shape index (κ1) is 19.4. The van der Waals surface area contributed by atoms with Gasteiger partial charge in [-0.15, -0.1) is 0 Å². The maximum Gasteiger partial charge on any atom is 0.248 e. The zero-order chi connectivity index (χ0) is 18.8. The van der Waals surface area contributed by atoms with E-state index in [0.29, 0.717) is 42.7 Å². The van der Waals surface area contributed by atoms with Gasteiger partial charge in [0.2, 0.25) is 17.8 Å². The maximum absolute atomic E-state index is 5.41. The van der Waals surface area contributed by atoms with Crippen LogP contribution in [0.4, 0.5) is 23.5 Å². The molecule has 1 aromatic heterocycles. The minimum atomic E-state index is 0.350. The van der Waals surface area contributed by atoms with Crippen LogP contribution in [0.5, 0.6) is 5.75 Å². The monoisotopic (exact) mass is 376 g/mol. The van der Waals surface area contributed by atoms with Gasteiger partial charge < -0.3 is 20.7 Å². The highest BCUT2D eigenvalue weighted by Gasteiger charge is 2.06. The van der Waals surface area contributed by atoms with Gasteiger partial charge in [0.05, 0.1) is 6.61 Å². The van der Waals surface area contributed by atoms with E-state index >= 15 is 0 Å². The van der Waals surface area contributed by atoms with Crippen LogP contribution in [0.1, 0.15) is 20.8 Å². The summed E-state index contributed by atoms with van der Waals surface area (Å²) >= 11 is 5.27. The van der Waals surface area contributed by atoms with Crippen molar-refractivity contribution in [3.8, 4) is 5.75 Å². The van der Waals surface area contributed by atoms with Crippen molar-refractivity contribution in [2.24, 2.45) is 0 Å². The molecule has 140 valence electrons. The number of hydrazine groups is 1. The Morgan fingerprint density at radius 1 is 0.923 bits per heavy atom. The minimum absolute atomic E-state index is 0.350. The highest BCUT2D eigenvalue weighted by atomic mass is 32.1. The first-order valence-electron chi connectivity index (χ1n) is 8.44. The van der Waals surface area contributed by atoms with E-state index in [9.17, 15) is 0 Å². The molecule has 0 amide bonds. The standard InChI is InChI=1S/C16H24N8OS/c1-4-17-13-20-14(18-5-2)22-15(21-13)23-24-16(26)19-11-7-9-12(10-8-11)25-6-3/h7-10H,4-6H2,1-3H3,(H2,19,24,26)(H3,17,18,20,21,22,23). The van der Waals surface area contributed by atoms with Crippen LogP contribution in [0, 0.1) is 0 Å². The van der Waals surface area contributed by atoms with Crippen molar-refractivity contribution >= 4 is 40.9 Å². The van der Waals surface area contributed by atoms with E-state index in [0.717, 1.165) is 11.4 Å². The summed E-state index contributed by atoms with van der Waals surface area (Å²) in [5, 5.41) is 9.56. The summed E-state index contributed by atoms with van der Waals surface area (Å²) in [5.74, 6) is 2.12. The molecule has 9 nitrogen and oxygen atoms in total. The van der Waals surface area contributed by atoms with E-state index < -0.39 is 0 Å². The van der Waals surface area contributed by atoms with Gasteiger partial charge in [0.25, 0.3) is 0 Å². The molecule has 0 saturated heterocycles. The molecular formula is C16H24N8OS. The van der Waals surface area contributed by atoms with Crippen LogP contribution in [-0.4, -0.2) is 39.8 Å². The molecule has 0 radical (unpaired) electrons. The first-order chi connectivity index (χ1) is 12.6. The summed E-state index contributed by atoms with van der Waals surface area (Å²) in [5.41, 5.74) is 6.57. The van der Waals surface area contributed by atoms with Gasteiger partial charge in [-0.3, -0.25) is 10.9 Å². The van der Waals surface area contributed by atoms with Crippen LogP contribution >= 0.6 is 12.2 Å². The third-order valence-electron chi connectivity index (χ3n) is 3.02. The number of nitrogens with one attached hydrogen (secondary N) is 5. The molecule has 2 aromatic rings. The molecule has 0 bridgehead atoms. The van der Waals surface area contributed by atoms with E-state index in [1.165, 1.54) is 0 Å². The molecule has 0 saturated carbocycles. The fraction of sp³-hybridized carbons (Fsp3) is 0.375. The molecule has 0 aliphatic heterocycles. The molecule has 2 rings (SSSR count). The Morgan fingerprint density at radius 3 is 2.04 bits per heavy atom. The number of anilines is 4. The Kier molecular flexibility index (Phi) is 7.62. The third-order valence-corrected chi connectivity index (χ3v) is 3.22. The van der Waals surface area contributed by atoms with Gasteiger partial charge in [-0.2, -0.15) is 15.0 Å². The fourth-order valence-corrected chi connectivity index (χ4v) is 2.15. The number of hydrogen-bond acceptors (Lipinski definition) is 8. The van der Waals surface area contributed by atoms with Gasteiger partial charge in [-0.25, -0.2) is 0 Å². The molecule has 1 aromatic carbocycles. The Balaban J connectivity index is 1.93. The van der Waals surface area contributed by atoms with E-state index in [2.05, 4.69) is 41.8 Å². The van der Waals surface area contributed by atoms with Gasteiger partial charge in [-0.05, 0) is 57.3 Å². The average Bonchev–Trinajstić information content (AvgIpc) is 2.62. The third kappa shape index (κ3) is 6.20. The fourth-order valence-electron chi connectivity index (χ4n) is 1.98. The lowest BCUT2D eigenvalue weighted by Gasteiger charge is -2.13. The van der Waals surface area contributed by atoms with Gasteiger partial charge in [-0.1, -0.05) is 0 Å². The zero-order valence-electron chi connectivity index (χ0n) is 15.1. The SMILES string of the molecule is CCNc1nc(NCC)nc(NNC(=S)Nc2ccc(OCC)cc2)n1. The Labute approximate surface area is 158 Å². The van der Waals surface area contributed by atoms with Crippen molar-refractivity contribution in [1.29, 1.82) is 0 Å². The number of benzene rings is 1. The predicted molar refractivity (Wildman–Crippen MR) is 109 cm³/mol. The Hall–Kier alpha value is -2.88. The van der Waals surface area contributed by atoms with Crippen molar-refractivity contribution in [2.75, 3.05) is 41.1 Å². The molecule has 0 aliphatic rings. The van der Waals surface area contributed by atoms with Crippen LogP contribution in [0.2, 0.25) is 0 Å². The van der Waals surface area contributed by atoms with Gasteiger partial charge in [0.1, 0.15) is 5.75 Å². The largest absolute Gasteiger partial charge is 0.494 e. The lowest BCUT2D eigenvalue weighted by atomic mass is 10.3. The first-order valence-corrected chi connectivity index (χ1v) is 8.85. The summed E-state index contributed by atoms with van der Waals surface area (Å²) in [4.78, 5) is 12.8. The lowest BCUT2D eigenvalue weighted by molar-refractivity contribution is 0.340. The topological polar surface area (TPSA) is 108 Å². The Bertz CT molecular complexity index is 686. The normalized spacial score (nSPS) is 9.96. The van der Waals surface area contributed by atoms with Crippen LogP contribution in [-0.2, 0) is 0 Å². The Morgan fingerprint density at radius 2 is 1.50 bits per heavy atom. The molecule has 0 aliphatic carbocycles. The van der Waals surface area contributed by atoms with Crippen LogP contribution < -0.4 is 31.5 Å². The molecule has 0 unspecified atom stereocenters. The number of nitrogens with zero attached hydrogens (tertiary/aromatic N) is 3. The number of thiocarbonyl (C=S) groups is 1. The minimum Gasteiger partial charge on any atom is -0.494 e. The summed E-state index contributed by atoms with van der Waals surface area (Å²) < 4.78 is 5.41. The zero-order valence-corrected chi connectivity index (χ0v) is 15.9. The second kappa shape index (κ2) is 10.2. The van der Waals surface area contributed by atoms with Crippen LogP contribution in [0.25, 0.3) is 0 Å². The van der Waals surface area contributed by atoms with Crippen LogP contribution in [0.3, 0.4) is 0 Å². The summed E-state index contributed by atoms with van der Waals surface area (Å²) in [6.07, 6.45) is 0. The smallest absolute Gasteiger partial charge is 0.248 e. The van der Waals surface area contributed by atoms with Crippen LogP contribution in [0.15, 0.2) is 24.3 Å². The summed E-state index contributed by atoms with van der Waals surface area (Å²) in [6, 6.07) is 7.52. The lowest BCUT2D eigenvalue weighted by Crippen LogP contribution is -2.34. The maximum atomic E-state index is 5.41. The second-order valence-electron chi connectivity index (χ2n) is 5.03. The average molecular weight is 376 g/mol. The molecule has 1 heterocycles. The number of ether oxygens (including phenoxy) is 1. The van der Waals surface area contributed by atoms with Crippen molar-refractivity contribution in [3.05, 3.63) is 24.3 Å². The predicted octanol–water partition coefficient (Wildman–Crippen LogP) is 2.45. The molecular weight excluding hydrogens is 352 g/mol. The quantitative estimate of drug-likeness (QED) is 0.331. The highest BCUT2D eigenvalue weighted by molar-refractivity contribution is 7.80. The summed E-state index contributed by atoms with van der Waals surface area (Å²) in [6.45, 7) is 7.93. The molecule has 0 spiro atoms. The van der Waals surface area contributed by atoms with Crippen molar-refractivity contribution in [2.45, 2.75) is 20.8 Å². The molecule has 10 heteroatoms. The van der Waals surface area contributed by atoms with Crippen molar-refractivity contribution in [1.82, 2.24) is 20.4 Å². The van der Waals surface area contributed by atoms with Gasteiger partial charge in [0.15, 0.2) is 5.11 Å². The highest BCUT2D eigenvalue weighted by Crippen LogP contribution is 2.15. The number of rotatable bonds is 9. The molecule has 0 fully saturated rings. The second-order valence-corrected chi connectivity index (χ2v) is 5.44. The summed E-state index contributed by atoms with van der Waals surface area (Å²) in [7, 11) is 0. The van der Waals surface area contributed by atoms with Crippen molar-refractivity contribution in [3.63, 3.8) is 0 Å².